The van der Waals surface area contributed by atoms with Crippen LogP contribution in [0, 0.1) is 0 Å². The third-order valence-corrected chi connectivity index (χ3v) is 4.25. The Kier molecular flexibility index (Phi) is 5.24. The standard InChI is InChI=1S/C15H22ClN3O/c1-3-11-7-5-4-6-8-19(11)15(20)12-9-14(17-2)18-10-13(12)16/h9-11H,3-8H2,1-2H3,(H,17,18). The Hall–Kier alpha value is -1.29. The van der Waals surface area contributed by atoms with Crippen LogP contribution >= 0.6 is 11.6 Å². The summed E-state index contributed by atoms with van der Waals surface area (Å²) >= 11 is 6.16. The van der Waals surface area contributed by atoms with Crippen molar-refractivity contribution >= 4 is 23.3 Å². The van der Waals surface area contributed by atoms with E-state index in [9.17, 15) is 4.79 Å². The fourth-order valence-electron chi connectivity index (χ4n) is 2.76. The quantitative estimate of drug-likeness (QED) is 0.927. The number of hydrogen-bond acceptors (Lipinski definition) is 3. The maximum Gasteiger partial charge on any atom is 0.255 e. The lowest BCUT2D eigenvalue weighted by atomic mass is 10.1. The Bertz CT molecular complexity index is 478. The summed E-state index contributed by atoms with van der Waals surface area (Å²) in [5.74, 6) is 0.697. The molecule has 0 bridgehead atoms. The molecule has 0 aliphatic carbocycles. The highest BCUT2D eigenvalue weighted by Crippen LogP contribution is 2.25. The molecule has 1 saturated heterocycles. The molecule has 5 heteroatoms. The number of rotatable bonds is 3. The van der Waals surface area contributed by atoms with E-state index in [4.69, 9.17) is 11.6 Å². The number of likely N-dealkylation sites (tertiary alicyclic amines) is 1. The summed E-state index contributed by atoms with van der Waals surface area (Å²) in [5, 5.41) is 3.37. The summed E-state index contributed by atoms with van der Waals surface area (Å²) < 4.78 is 0. The van der Waals surface area contributed by atoms with Gasteiger partial charge >= 0.3 is 0 Å². The van der Waals surface area contributed by atoms with Crippen LogP contribution in [0.2, 0.25) is 5.02 Å². The Morgan fingerprint density at radius 1 is 1.50 bits per heavy atom. The number of pyridine rings is 1. The number of nitrogens with one attached hydrogen (secondary N) is 1. The SMILES string of the molecule is CCC1CCCCCN1C(=O)c1cc(NC)ncc1Cl. The van der Waals surface area contributed by atoms with Gasteiger partial charge in [0.05, 0.1) is 10.6 Å². The molecule has 20 heavy (non-hydrogen) atoms. The highest BCUT2D eigenvalue weighted by atomic mass is 35.5. The van der Waals surface area contributed by atoms with Gasteiger partial charge in [-0.15, -0.1) is 0 Å². The Balaban J connectivity index is 2.28. The van der Waals surface area contributed by atoms with Gasteiger partial charge in [-0.05, 0) is 25.3 Å². The van der Waals surface area contributed by atoms with Crippen LogP contribution in [0.1, 0.15) is 49.4 Å². The van der Waals surface area contributed by atoms with Gasteiger partial charge in [-0.1, -0.05) is 31.4 Å². The first-order valence-corrected chi connectivity index (χ1v) is 7.69. The van der Waals surface area contributed by atoms with Gasteiger partial charge in [-0.3, -0.25) is 4.79 Å². The third-order valence-electron chi connectivity index (χ3n) is 3.95. The second kappa shape index (κ2) is 6.93. The van der Waals surface area contributed by atoms with Crippen LogP contribution in [-0.2, 0) is 0 Å². The molecule has 1 aromatic rings. The van der Waals surface area contributed by atoms with E-state index in [1.54, 1.807) is 19.3 Å². The number of amides is 1. The molecule has 1 aliphatic heterocycles. The second-order valence-electron chi connectivity index (χ2n) is 5.21. The molecule has 1 N–H and O–H groups in total. The summed E-state index contributed by atoms with van der Waals surface area (Å²) in [6.45, 7) is 2.97. The molecule has 0 saturated carbocycles. The number of aromatic nitrogens is 1. The topological polar surface area (TPSA) is 45.2 Å². The summed E-state index contributed by atoms with van der Waals surface area (Å²) in [4.78, 5) is 18.9. The number of anilines is 1. The molecule has 2 heterocycles. The molecule has 0 spiro atoms. The Labute approximate surface area is 125 Å². The van der Waals surface area contributed by atoms with E-state index in [1.165, 1.54) is 12.8 Å². The van der Waals surface area contributed by atoms with Crippen LogP contribution in [0.15, 0.2) is 12.3 Å². The monoisotopic (exact) mass is 295 g/mol. The van der Waals surface area contributed by atoms with E-state index in [1.807, 2.05) is 4.90 Å². The summed E-state index contributed by atoms with van der Waals surface area (Å²) in [6, 6.07) is 2.06. The van der Waals surface area contributed by atoms with E-state index in [0.717, 1.165) is 25.8 Å². The van der Waals surface area contributed by atoms with Crippen molar-refractivity contribution in [3.63, 3.8) is 0 Å². The highest BCUT2D eigenvalue weighted by Gasteiger charge is 2.26. The first-order valence-electron chi connectivity index (χ1n) is 7.31. The molecule has 1 aromatic heterocycles. The largest absolute Gasteiger partial charge is 0.373 e. The first-order chi connectivity index (χ1) is 9.67. The summed E-state index contributed by atoms with van der Waals surface area (Å²) in [6.07, 6.45) is 7.10. The molecule has 1 aliphatic rings. The minimum Gasteiger partial charge on any atom is -0.373 e. The van der Waals surface area contributed by atoms with Crippen molar-refractivity contribution in [1.29, 1.82) is 0 Å². The van der Waals surface area contributed by atoms with Gasteiger partial charge in [0.15, 0.2) is 0 Å². The molecule has 1 atom stereocenters. The fraction of sp³-hybridized carbons (Fsp3) is 0.600. The first kappa shape index (κ1) is 15.1. The summed E-state index contributed by atoms with van der Waals surface area (Å²) in [7, 11) is 1.78. The van der Waals surface area contributed by atoms with Crippen LogP contribution in [0.3, 0.4) is 0 Å². The fourth-order valence-corrected chi connectivity index (χ4v) is 2.95. The number of carbonyl (C=O) groups is 1. The smallest absolute Gasteiger partial charge is 0.255 e. The van der Waals surface area contributed by atoms with Crippen LogP contribution < -0.4 is 5.32 Å². The molecule has 0 aromatic carbocycles. The van der Waals surface area contributed by atoms with E-state index < -0.39 is 0 Å². The van der Waals surface area contributed by atoms with Crippen molar-refractivity contribution in [3.05, 3.63) is 22.8 Å². The third kappa shape index (κ3) is 3.23. The lowest BCUT2D eigenvalue weighted by Gasteiger charge is -2.29. The molecule has 2 rings (SSSR count). The predicted molar refractivity (Wildman–Crippen MR) is 82.4 cm³/mol. The molecule has 0 radical (unpaired) electrons. The van der Waals surface area contributed by atoms with E-state index in [-0.39, 0.29) is 5.91 Å². The number of hydrogen-bond donors (Lipinski definition) is 1. The zero-order valence-electron chi connectivity index (χ0n) is 12.2. The average molecular weight is 296 g/mol. The van der Waals surface area contributed by atoms with Crippen molar-refractivity contribution < 1.29 is 4.79 Å². The molecule has 1 amide bonds. The van der Waals surface area contributed by atoms with Gasteiger partial charge in [-0.25, -0.2) is 4.98 Å². The van der Waals surface area contributed by atoms with E-state index >= 15 is 0 Å². The molecular formula is C15H22ClN3O. The van der Waals surface area contributed by atoms with Crippen LogP contribution in [0.5, 0.6) is 0 Å². The van der Waals surface area contributed by atoms with Gasteiger partial charge in [0.25, 0.3) is 5.91 Å². The van der Waals surface area contributed by atoms with Gasteiger partial charge in [-0.2, -0.15) is 0 Å². The second-order valence-corrected chi connectivity index (χ2v) is 5.62. The molecule has 4 nitrogen and oxygen atoms in total. The molecule has 110 valence electrons. The Morgan fingerprint density at radius 2 is 2.30 bits per heavy atom. The number of carbonyl (C=O) groups excluding carboxylic acids is 1. The van der Waals surface area contributed by atoms with Crippen molar-refractivity contribution in [2.75, 3.05) is 18.9 Å². The summed E-state index contributed by atoms with van der Waals surface area (Å²) in [5.41, 5.74) is 0.548. The zero-order valence-corrected chi connectivity index (χ0v) is 12.9. The molecule has 1 unspecified atom stereocenters. The number of nitrogens with zero attached hydrogens (tertiary/aromatic N) is 2. The maximum atomic E-state index is 12.8. The maximum absolute atomic E-state index is 12.8. The van der Waals surface area contributed by atoms with Crippen LogP contribution in [-0.4, -0.2) is 35.4 Å². The predicted octanol–water partition coefficient (Wildman–Crippen LogP) is 3.57. The molecular weight excluding hydrogens is 274 g/mol. The van der Waals surface area contributed by atoms with Crippen molar-refractivity contribution in [2.45, 2.75) is 45.1 Å². The highest BCUT2D eigenvalue weighted by molar-refractivity contribution is 6.33. The minimum atomic E-state index is 0.0302. The Morgan fingerprint density at radius 3 is 3.00 bits per heavy atom. The lowest BCUT2D eigenvalue weighted by molar-refractivity contribution is 0.0678. The lowest BCUT2D eigenvalue weighted by Crippen LogP contribution is -2.39. The van der Waals surface area contributed by atoms with E-state index in [0.29, 0.717) is 22.4 Å². The van der Waals surface area contributed by atoms with E-state index in [2.05, 4.69) is 17.2 Å². The van der Waals surface area contributed by atoms with Gasteiger partial charge < -0.3 is 10.2 Å². The van der Waals surface area contributed by atoms with Gasteiger partial charge in [0.1, 0.15) is 5.82 Å². The minimum absolute atomic E-state index is 0.0302. The van der Waals surface area contributed by atoms with Crippen molar-refractivity contribution in [2.24, 2.45) is 0 Å². The zero-order chi connectivity index (χ0) is 14.5. The van der Waals surface area contributed by atoms with Crippen molar-refractivity contribution in [3.8, 4) is 0 Å². The average Bonchev–Trinajstić information content (AvgIpc) is 2.72. The van der Waals surface area contributed by atoms with Crippen molar-refractivity contribution in [1.82, 2.24) is 9.88 Å². The molecule has 1 fully saturated rings. The normalized spacial score (nSPS) is 19.6. The van der Waals surface area contributed by atoms with Crippen LogP contribution in [0.4, 0.5) is 5.82 Å². The van der Waals surface area contributed by atoms with Gasteiger partial charge in [0, 0.05) is 25.8 Å². The van der Waals surface area contributed by atoms with Gasteiger partial charge in [0.2, 0.25) is 0 Å². The number of halogens is 1. The van der Waals surface area contributed by atoms with Crippen LogP contribution in [0.25, 0.3) is 0 Å².